The van der Waals surface area contributed by atoms with Crippen molar-refractivity contribution >= 4 is 12.2 Å². The molecule has 294 valence electrons. The molecule has 1 heterocycles. The summed E-state index contributed by atoms with van der Waals surface area (Å²) in [5, 5.41) is 0. The number of hydrogen-bond acceptors (Lipinski definition) is 0. The smallest absolute Gasteiger partial charge is 1.00 e. The number of benzene rings is 4. The fourth-order valence-corrected chi connectivity index (χ4v) is 21.8. The summed E-state index contributed by atoms with van der Waals surface area (Å²) in [6, 6.07) is 34.2. The number of halogens is 2. The number of fused-ring (bicyclic) bond motifs is 2. The summed E-state index contributed by atoms with van der Waals surface area (Å²) < 4.78 is 4.42. The van der Waals surface area contributed by atoms with Crippen molar-refractivity contribution in [2.75, 3.05) is 0 Å². The Morgan fingerprint density at radius 1 is 0.446 bits per heavy atom. The summed E-state index contributed by atoms with van der Waals surface area (Å²) in [7, 11) is 0. The maximum absolute atomic E-state index is 2.81. The molecule has 0 amide bonds. The fourth-order valence-electron chi connectivity index (χ4n) is 11.8. The molecule has 9 rings (SSSR count). The summed E-state index contributed by atoms with van der Waals surface area (Å²) in [6.07, 6.45) is 21.1. The second kappa shape index (κ2) is 16.4. The van der Waals surface area contributed by atoms with E-state index >= 15 is 0 Å². The number of rotatable bonds is 6. The predicted molar refractivity (Wildman–Crippen MR) is 230 cm³/mol. The van der Waals surface area contributed by atoms with Crippen LogP contribution in [0.1, 0.15) is 154 Å². The minimum absolute atomic E-state index is 0. The van der Waals surface area contributed by atoms with Crippen molar-refractivity contribution in [2.45, 2.75) is 141 Å². The zero-order valence-corrected chi connectivity index (χ0v) is 38.1. The van der Waals surface area contributed by atoms with Gasteiger partial charge in [0.25, 0.3) is 0 Å². The fraction of sp³-hybridized carbons (Fsp3) is 0.472. The van der Waals surface area contributed by atoms with Crippen LogP contribution in [-0.4, -0.2) is 0 Å². The van der Waals surface area contributed by atoms with Crippen molar-refractivity contribution in [3.05, 3.63) is 129 Å². The second-order valence-corrected chi connectivity index (χ2v) is 27.4. The van der Waals surface area contributed by atoms with Gasteiger partial charge in [0.1, 0.15) is 0 Å². The van der Waals surface area contributed by atoms with E-state index < -0.39 is 16.6 Å². The van der Waals surface area contributed by atoms with Gasteiger partial charge in [-0.1, -0.05) is 0 Å². The molecule has 0 radical (unpaired) electrons. The zero-order valence-electron chi connectivity index (χ0n) is 35.0. The summed E-state index contributed by atoms with van der Waals surface area (Å²) in [4.78, 5) is 0. The Kier molecular flexibility index (Phi) is 12.2. The van der Waals surface area contributed by atoms with Gasteiger partial charge in [0.05, 0.1) is 0 Å². The van der Waals surface area contributed by atoms with Crippen molar-refractivity contribution < 1.29 is 41.4 Å². The summed E-state index contributed by atoms with van der Waals surface area (Å²) >= 11 is -2.68. The first-order valence-electron chi connectivity index (χ1n) is 21.9. The van der Waals surface area contributed by atoms with E-state index in [1.54, 1.807) is 22.3 Å². The predicted octanol–water partition coefficient (Wildman–Crippen LogP) is 9.75. The molecule has 0 N–H and O–H groups in total. The molecule has 4 aromatic rings. The number of hydrogen-bond donors (Lipinski definition) is 0. The van der Waals surface area contributed by atoms with E-state index in [-0.39, 0.29) is 35.6 Å². The van der Waals surface area contributed by atoms with Crippen molar-refractivity contribution in [2.24, 2.45) is 11.8 Å². The van der Waals surface area contributed by atoms with Crippen LogP contribution in [0.2, 0.25) is 9.45 Å². The van der Waals surface area contributed by atoms with Gasteiger partial charge in [-0.2, -0.15) is 0 Å². The molecule has 4 aliphatic carbocycles. The van der Waals surface area contributed by atoms with Crippen LogP contribution in [0.15, 0.2) is 96.1 Å². The molecule has 1 saturated heterocycles. The first-order valence-corrected chi connectivity index (χ1v) is 25.9. The normalized spacial score (nSPS) is 21.6. The van der Waals surface area contributed by atoms with Gasteiger partial charge in [-0.15, -0.1) is 0 Å². The first kappa shape index (κ1) is 41.8. The van der Waals surface area contributed by atoms with E-state index in [0.717, 1.165) is 11.8 Å². The van der Waals surface area contributed by atoms with E-state index in [1.165, 1.54) is 113 Å². The Balaban J connectivity index is 0.00000240. The average molecular weight is 820 g/mol. The van der Waals surface area contributed by atoms with E-state index in [4.69, 9.17) is 0 Å². The van der Waals surface area contributed by atoms with Gasteiger partial charge in [-0.05, 0) is 0 Å². The van der Waals surface area contributed by atoms with Crippen molar-refractivity contribution in [1.82, 2.24) is 0 Å². The van der Waals surface area contributed by atoms with Crippen LogP contribution in [-0.2, 0) is 27.4 Å². The molecule has 2 atom stereocenters. The minimum Gasteiger partial charge on any atom is -1.00 e. The number of allylic oxidation sites excluding steroid dienone is 2. The van der Waals surface area contributed by atoms with Crippen molar-refractivity contribution in [1.29, 1.82) is 0 Å². The molecule has 56 heavy (non-hydrogen) atoms. The average Bonchev–Trinajstić information content (AvgIpc) is 3.75. The van der Waals surface area contributed by atoms with Crippen LogP contribution < -0.4 is 24.8 Å². The monoisotopic (exact) mass is 818 g/mol. The molecular formula is C53H64Cl2Ti. The quantitative estimate of drug-likeness (QED) is 0.170. The zero-order chi connectivity index (χ0) is 37.2. The molecule has 3 fully saturated rings. The third kappa shape index (κ3) is 7.42. The van der Waals surface area contributed by atoms with Gasteiger partial charge >= 0.3 is 333 Å². The van der Waals surface area contributed by atoms with Crippen LogP contribution in [0.4, 0.5) is 0 Å². The van der Waals surface area contributed by atoms with Gasteiger partial charge < -0.3 is 24.8 Å². The maximum atomic E-state index is 2.81. The van der Waals surface area contributed by atoms with Crippen molar-refractivity contribution in [3.8, 4) is 22.3 Å². The molecule has 2 unspecified atom stereocenters. The van der Waals surface area contributed by atoms with Gasteiger partial charge in [0.2, 0.25) is 0 Å². The Hall–Kier alpha value is -2.35. The molecule has 1 aliphatic heterocycles. The largest absolute Gasteiger partial charge is 1.00 e. The molecule has 3 heteroatoms. The first-order chi connectivity index (χ1) is 26.0. The third-order valence-electron chi connectivity index (χ3n) is 14.9. The molecular weight excluding hydrogens is 755 g/mol. The maximum Gasteiger partial charge on any atom is -1.00 e. The van der Waals surface area contributed by atoms with E-state index in [9.17, 15) is 0 Å². The molecule has 0 nitrogen and oxygen atoms in total. The van der Waals surface area contributed by atoms with Crippen molar-refractivity contribution in [3.63, 3.8) is 0 Å². The topological polar surface area (TPSA) is 0 Å². The van der Waals surface area contributed by atoms with Crippen LogP contribution in [0, 0.1) is 11.8 Å². The van der Waals surface area contributed by atoms with Gasteiger partial charge in [0.15, 0.2) is 0 Å². The van der Waals surface area contributed by atoms with Crippen LogP contribution in [0.25, 0.3) is 34.4 Å². The SMILES string of the molecule is CC(C)(C)c1ccc(-c2cccc3c2C=C(C2CCCCC2)[CH]3[Ti+2]2([CH]3C(C4CCCCC4)=Cc4c(-c5ccc(C(C)(C)C)cc5)cccc43)[CH2]C[CH2]2)cc1.[Cl-].[Cl-]. The minimum atomic E-state index is -2.68. The van der Waals surface area contributed by atoms with Gasteiger partial charge in [-0.25, -0.2) is 0 Å². The Bertz CT molecular complexity index is 1920. The summed E-state index contributed by atoms with van der Waals surface area (Å²) in [5.41, 5.74) is 19.3. The van der Waals surface area contributed by atoms with E-state index in [0.29, 0.717) is 8.45 Å². The third-order valence-corrected chi connectivity index (χ3v) is 24.5. The summed E-state index contributed by atoms with van der Waals surface area (Å²) in [5.74, 6) is 1.51. The summed E-state index contributed by atoms with van der Waals surface area (Å²) in [6.45, 7) is 14.0. The van der Waals surface area contributed by atoms with Gasteiger partial charge in [0, 0.05) is 0 Å². The standard InChI is InChI=1S/2C25H29.C3H6.2ClH.Ti/c2*1-25(2,3)22-14-12-19(13-15-22)23-11-7-10-20-16-21(17-24(20)23)18-8-5-4-6-9-18;1-3-2;;;/h2*7,10-18H,4-6,8-9H2,1-3H3;1-3H2;2*1H;/q;;;;;+2/p-2. The van der Waals surface area contributed by atoms with Crippen LogP contribution >= 0.6 is 0 Å². The molecule has 4 aromatic carbocycles. The second-order valence-electron chi connectivity index (χ2n) is 20.2. The molecule has 0 spiro atoms. The van der Waals surface area contributed by atoms with Crippen LogP contribution in [0.5, 0.6) is 0 Å². The van der Waals surface area contributed by atoms with E-state index in [2.05, 4.69) is 139 Å². The Morgan fingerprint density at radius 2 is 0.821 bits per heavy atom. The van der Waals surface area contributed by atoms with Crippen LogP contribution in [0.3, 0.4) is 0 Å². The Labute approximate surface area is 355 Å². The molecule has 2 saturated carbocycles. The Morgan fingerprint density at radius 3 is 1.14 bits per heavy atom. The molecule has 0 bridgehead atoms. The van der Waals surface area contributed by atoms with Gasteiger partial charge in [-0.3, -0.25) is 0 Å². The van der Waals surface area contributed by atoms with E-state index in [1.807, 2.05) is 11.1 Å². The molecule has 5 aliphatic rings. The molecule has 0 aromatic heterocycles.